The standard InChI is InChI=1S/C19H20N4/c20-13-18-11-12-21-22-19(18)23(14-16-7-3-1-4-8-16)15-17-9-5-2-6-10-17/h1-12H,13-15,20H2. The van der Waals surface area contributed by atoms with Gasteiger partial charge in [0, 0.05) is 25.2 Å². The zero-order valence-corrected chi connectivity index (χ0v) is 13.0. The summed E-state index contributed by atoms with van der Waals surface area (Å²) < 4.78 is 0. The highest BCUT2D eigenvalue weighted by molar-refractivity contribution is 5.47. The van der Waals surface area contributed by atoms with E-state index in [0.717, 1.165) is 24.5 Å². The average Bonchev–Trinajstić information content (AvgIpc) is 2.63. The molecule has 0 bridgehead atoms. The maximum Gasteiger partial charge on any atom is 0.156 e. The third kappa shape index (κ3) is 3.93. The Kier molecular flexibility index (Phi) is 4.96. The van der Waals surface area contributed by atoms with Crippen molar-refractivity contribution in [2.24, 2.45) is 5.73 Å². The summed E-state index contributed by atoms with van der Waals surface area (Å²) in [6.07, 6.45) is 1.69. The first-order chi connectivity index (χ1) is 11.4. The summed E-state index contributed by atoms with van der Waals surface area (Å²) in [6, 6.07) is 22.7. The van der Waals surface area contributed by atoms with Crippen LogP contribution >= 0.6 is 0 Å². The molecule has 0 spiro atoms. The Balaban J connectivity index is 1.92. The molecule has 23 heavy (non-hydrogen) atoms. The Morgan fingerprint density at radius 1 is 0.783 bits per heavy atom. The van der Waals surface area contributed by atoms with E-state index >= 15 is 0 Å². The molecular formula is C19H20N4. The summed E-state index contributed by atoms with van der Waals surface area (Å²) in [5, 5.41) is 8.39. The molecular weight excluding hydrogens is 284 g/mol. The molecule has 116 valence electrons. The van der Waals surface area contributed by atoms with Gasteiger partial charge in [-0.15, -0.1) is 5.10 Å². The van der Waals surface area contributed by atoms with Crippen LogP contribution in [0.1, 0.15) is 16.7 Å². The number of hydrogen-bond acceptors (Lipinski definition) is 4. The lowest BCUT2D eigenvalue weighted by molar-refractivity contribution is 0.757. The molecule has 2 N–H and O–H groups in total. The van der Waals surface area contributed by atoms with E-state index in [1.807, 2.05) is 18.2 Å². The first-order valence-electron chi connectivity index (χ1n) is 7.70. The maximum absolute atomic E-state index is 5.88. The fourth-order valence-electron chi connectivity index (χ4n) is 2.59. The molecule has 0 saturated carbocycles. The molecule has 4 heteroatoms. The van der Waals surface area contributed by atoms with Crippen molar-refractivity contribution in [3.63, 3.8) is 0 Å². The van der Waals surface area contributed by atoms with E-state index in [2.05, 4.69) is 63.6 Å². The van der Waals surface area contributed by atoms with Gasteiger partial charge in [0.1, 0.15) is 0 Å². The Bertz CT molecular complexity index is 687. The number of anilines is 1. The highest BCUT2D eigenvalue weighted by Crippen LogP contribution is 2.21. The van der Waals surface area contributed by atoms with Gasteiger partial charge in [-0.3, -0.25) is 0 Å². The first kappa shape index (κ1) is 15.2. The summed E-state index contributed by atoms with van der Waals surface area (Å²) in [5.41, 5.74) is 9.35. The third-order valence-corrected chi connectivity index (χ3v) is 3.73. The molecule has 0 aliphatic carbocycles. The Morgan fingerprint density at radius 3 is 1.87 bits per heavy atom. The minimum atomic E-state index is 0.449. The molecule has 0 aliphatic rings. The van der Waals surface area contributed by atoms with Gasteiger partial charge < -0.3 is 10.6 Å². The minimum absolute atomic E-state index is 0.449. The number of benzene rings is 2. The maximum atomic E-state index is 5.88. The number of rotatable bonds is 6. The Morgan fingerprint density at radius 2 is 1.35 bits per heavy atom. The van der Waals surface area contributed by atoms with E-state index in [-0.39, 0.29) is 0 Å². The molecule has 3 aromatic rings. The summed E-state index contributed by atoms with van der Waals surface area (Å²) in [7, 11) is 0. The summed E-state index contributed by atoms with van der Waals surface area (Å²) in [4.78, 5) is 2.22. The van der Waals surface area contributed by atoms with Crippen LogP contribution in [0.4, 0.5) is 5.82 Å². The molecule has 0 atom stereocenters. The van der Waals surface area contributed by atoms with Crippen LogP contribution < -0.4 is 10.6 Å². The SMILES string of the molecule is NCc1ccnnc1N(Cc1ccccc1)Cc1ccccc1. The van der Waals surface area contributed by atoms with Gasteiger partial charge in [-0.05, 0) is 17.2 Å². The molecule has 1 aromatic heterocycles. The van der Waals surface area contributed by atoms with Crippen LogP contribution in [0.2, 0.25) is 0 Å². The van der Waals surface area contributed by atoms with E-state index < -0.39 is 0 Å². The van der Waals surface area contributed by atoms with Crippen LogP contribution in [0.15, 0.2) is 72.9 Å². The van der Waals surface area contributed by atoms with E-state index in [4.69, 9.17) is 5.73 Å². The quantitative estimate of drug-likeness (QED) is 0.760. The van der Waals surface area contributed by atoms with Crippen molar-refractivity contribution in [1.82, 2.24) is 10.2 Å². The minimum Gasteiger partial charge on any atom is -0.346 e. The van der Waals surface area contributed by atoms with Crippen molar-refractivity contribution >= 4 is 5.82 Å². The van der Waals surface area contributed by atoms with E-state index in [1.165, 1.54) is 11.1 Å². The van der Waals surface area contributed by atoms with E-state index in [1.54, 1.807) is 6.20 Å². The molecule has 0 fully saturated rings. The lowest BCUT2D eigenvalue weighted by atomic mass is 10.1. The molecule has 0 aliphatic heterocycles. The van der Waals surface area contributed by atoms with Crippen LogP contribution in [0.3, 0.4) is 0 Å². The summed E-state index contributed by atoms with van der Waals surface area (Å²) >= 11 is 0. The highest BCUT2D eigenvalue weighted by Gasteiger charge is 2.14. The molecule has 4 nitrogen and oxygen atoms in total. The van der Waals surface area contributed by atoms with Crippen molar-refractivity contribution in [2.45, 2.75) is 19.6 Å². The molecule has 0 unspecified atom stereocenters. The summed E-state index contributed by atoms with van der Waals surface area (Å²) in [5.74, 6) is 0.850. The Labute approximate surface area is 136 Å². The second-order valence-electron chi connectivity index (χ2n) is 5.41. The fourth-order valence-corrected chi connectivity index (χ4v) is 2.59. The lowest BCUT2D eigenvalue weighted by Crippen LogP contribution is -2.25. The number of nitrogens with zero attached hydrogens (tertiary/aromatic N) is 3. The smallest absolute Gasteiger partial charge is 0.156 e. The topological polar surface area (TPSA) is 55.0 Å². The van der Waals surface area contributed by atoms with Gasteiger partial charge in [0.15, 0.2) is 5.82 Å². The van der Waals surface area contributed by atoms with Gasteiger partial charge in [0.05, 0.1) is 6.20 Å². The van der Waals surface area contributed by atoms with Crippen molar-refractivity contribution in [3.05, 3.63) is 89.6 Å². The van der Waals surface area contributed by atoms with Crippen molar-refractivity contribution in [2.75, 3.05) is 4.90 Å². The van der Waals surface area contributed by atoms with Gasteiger partial charge >= 0.3 is 0 Å². The van der Waals surface area contributed by atoms with Crippen LogP contribution in [0.5, 0.6) is 0 Å². The van der Waals surface area contributed by atoms with Gasteiger partial charge in [-0.1, -0.05) is 60.7 Å². The first-order valence-corrected chi connectivity index (χ1v) is 7.70. The average molecular weight is 304 g/mol. The van der Waals surface area contributed by atoms with Crippen LogP contribution in [0.25, 0.3) is 0 Å². The Hall–Kier alpha value is -2.72. The zero-order chi connectivity index (χ0) is 15.9. The number of nitrogens with two attached hydrogens (primary N) is 1. The largest absolute Gasteiger partial charge is 0.346 e. The lowest BCUT2D eigenvalue weighted by Gasteiger charge is -2.25. The molecule has 0 radical (unpaired) electrons. The summed E-state index contributed by atoms with van der Waals surface area (Å²) in [6.45, 7) is 1.98. The third-order valence-electron chi connectivity index (χ3n) is 3.73. The fraction of sp³-hybridized carbons (Fsp3) is 0.158. The number of hydrogen-bond donors (Lipinski definition) is 1. The second-order valence-corrected chi connectivity index (χ2v) is 5.41. The van der Waals surface area contributed by atoms with Gasteiger partial charge in [-0.25, -0.2) is 0 Å². The van der Waals surface area contributed by atoms with Crippen LogP contribution in [0, 0.1) is 0 Å². The van der Waals surface area contributed by atoms with Gasteiger partial charge in [0.25, 0.3) is 0 Å². The van der Waals surface area contributed by atoms with Crippen LogP contribution in [-0.4, -0.2) is 10.2 Å². The zero-order valence-electron chi connectivity index (χ0n) is 13.0. The highest BCUT2D eigenvalue weighted by atomic mass is 15.3. The predicted octanol–water partition coefficient (Wildman–Crippen LogP) is 3.14. The van der Waals surface area contributed by atoms with Crippen molar-refractivity contribution in [3.8, 4) is 0 Å². The predicted molar refractivity (Wildman–Crippen MR) is 92.7 cm³/mol. The number of aromatic nitrogens is 2. The van der Waals surface area contributed by atoms with E-state index in [0.29, 0.717) is 6.54 Å². The second kappa shape index (κ2) is 7.51. The van der Waals surface area contributed by atoms with Crippen molar-refractivity contribution < 1.29 is 0 Å². The monoisotopic (exact) mass is 304 g/mol. The molecule has 3 rings (SSSR count). The molecule has 2 aromatic carbocycles. The van der Waals surface area contributed by atoms with E-state index in [9.17, 15) is 0 Å². The van der Waals surface area contributed by atoms with Crippen molar-refractivity contribution in [1.29, 1.82) is 0 Å². The van der Waals surface area contributed by atoms with Crippen LogP contribution in [-0.2, 0) is 19.6 Å². The normalized spacial score (nSPS) is 10.5. The molecule has 1 heterocycles. The molecule has 0 saturated heterocycles. The van der Waals surface area contributed by atoms with Gasteiger partial charge in [0.2, 0.25) is 0 Å². The van der Waals surface area contributed by atoms with Gasteiger partial charge in [-0.2, -0.15) is 5.10 Å². The molecule has 0 amide bonds.